The monoisotopic (exact) mass is 214 g/mol. The van der Waals surface area contributed by atoms with Crippen LogP contribution in [0.3, 0.4) is 0 Å². The van der Waals surface area contributed by atoms with Crippen molar-refractivity contribution in [3.8, 4) is 0 Å². The molecular formula is C12H22OS. The lowest BCUT2D eigenvalue weighted by Gasteiger charge is -2.24. The zero-order chi connectivity index (χ0) is 10.4. The van der Waals surface area contributed by atoms with E-state index in [1.165, 1.54) is 19.3 Å². The van der Waals surface area contributed by atoms with Crippen molar-refractivity contribution in [3.63, 3.8) is 0 Å². The number of rotatable bonds is 5. The molecule has 0 radical (unpaired) electrons. The first kappa shape index (κ1) is 12.1. The molecule has 0 aromatic rings. The van der Waals surface area contributed by atoms with Crippen LogP contribution in [0.25, 0.3) is 0 Å². The van der Waals surface area contributed by atoms with Gasteiger partial charge in [-0.2, -0.15) is 11.8 Å². The maximum Gasteiger partial charge on any atom is 0.145 e. The number of thioether (sulfide) groups is 1. The molecule has 0 aromatic heterocycles. The van der Waals surface area contributed by atoms with Gasteiger partial charge in [0, 0.05) is 5.92 Å². The number of Topliss-reactive ketones (excluding diaryl/α,β-unsaturated/α-hetero) is 1. The molecule has 82 valence electrons. The number of hydrogen-bond donors (Lipinski definition) is 0. The lowest BCUT2D eigenvalue weighted by molar-refractivity contribution is -0.121. The van der Waals surface area contributed by atoms with Crippen LogP contribution in [0, 0.1) is 11.8 Å². The van der Waals surface area contributed by atoms with Crippen molar-refractivity contribution in [2.45, 2.75) is 46.0 Å². The Morgan fingerprint density at radius 2 is 1.93 bits per heavy atom. The predicted molar refractivity (Wildman–Crippen MR) is 63.7 cm³/mol. The second-order valence-corrected chi connectivity index (χ2v) is 5.58. The molecule has 0 saturated heterocycles. The van der Waals surface area contributed by atoms with E-state index in [1.807, 2.05) is 0 Å². The molecule has 1 rings (SSSR count). The van der Waals surface area contributed by atoms with Crippen LogP contribution >= 0.6 is 11.8 Å². The van der Waals surface area contributed by atoms with Crippen LogP contribution in [0.2, 0.25) is 0 Å². The number of carbonyl (C=O) groups is 1. The van der Waals surface area contributed by atoms with E-state index in [1.54, 1.807) is 11.8 Å². The standard InChI is InChI=1S/C12H22OS/c1-3-8-14-9-12(13)11-6-4-10(2)5-7-11/h10-11H,3-9H2,1-2H3. The third-order valence-electron chi connectivity index (χ3n) is 3.06. The van der Waals surface area contributed by atoms with E-state index in [4.69, 9.17) is 0 Å². The van der Waals surface area contributed by atoms with Crippen molar-refractivity contribution < 1.29 is 4.79 Å². The molecule has 0 heterocycles. The second kappa shape index (κ2) is 6.49. The molecule has 0 amide bonds. The number of carbonyl (C=O) groups excluding carboxylic acids is 1. The summed E-state index contributed by atoms with van der Waals surface area (Å²) in [6.07, 6.45) is 5.99. The van der Waals surface area contributed by atoms with E-state index < -0.39 is 0 Å². The van der Waals surface area contributed by atoms with Gasteiger partial charge in [-0.15, -0.1) is 0 Å². The van der Waals surface area contributed by atoms with E-state index >= 15 is 0 Å². The lowest BCUT2D eigenvalue weighted by atomic mass is 9.81. The molecule has 0 atom stereocenters. The van der Waals surface area contributed by atoms with Crippen molar-refractivity contribution in [2.75, 3.05) is 11.5 Å². The van der Waals surface area contributed by atoms with E-state index in [0.29, 0.717) is 11.7 Å². The van der Waals surface area contributed by atoms with Crippen LogP contribution in [0.1, 0.15) is 46.0 Å². The van der Waals surface area contributed by atoms with Gasteiger partial charge in [0.1, 0.15) is 5.78 Å². The minimum Gasteiger partial charge on any atom is -0.298 e. The molecule has 1 saturated carbocycles. The highest BCUT2D eigenvalue weighted by molar-refractivity contribution is 7.99. The van der Waals surface area contributed by atoms with Gasteiger partial charge >= 0.3 is 0 Å². The summed E-state index contributed by atoms with van der Waals surface area (Å²) in [6, 6.07) is 0. The number of ketones is 1. The van der Waals surface area contributed by atoms with Crippen molar-refractivity contribution in [1.29, 1.82) is 0 Å². The first-order valence-electron chi connectivity index (χ1n) is 5.84. The lowest BCUT2D eigenvalue weighted by Crippen LogP contribution is -2.22. The second-order valence-electron chi connectivity index (χ2n) is 4.48. The maximum atomic E-state index is 11.8. The Morgan fingerprint density at radius 1 is 1.29 bits per heavy atom. The average molecular weight is 214 g/mol. The maximum absolute atomic E-state index is 11.8. The molecule has 0 N–H and O–H groups in total. The summed E-state index contributed by atoms with van der Waals surface area (Å²) < 4.78 is 0. The first-order valence-corrected chi connectivity index (χ1v) is 7.00. The molecule has 14 heavy (non-hydrogen) atoms. The normalized spacial score (nSPS) is 27.6. The van der Waals surface area contributed by atoms with Gasteiger partial charge < -0.3 is 0 Å². The summed E-state index contributed by atoms with van der Waals surface area (Å²) in [5, 5.41) is 0. The highest BCUT2D eigenvalue weighted by atomic mass is 32.2. The summed E-state index contributed by atoms with van der Waals surface area (Å²) >= 11 is 1.81. The van der Waals surface area contributed by atoms with Crippen molar-refractivity contribution in [3.05, 3.63) is 0 Å². The Bertz CT molecular complexity index is 171. The van der Waals surface area contributed by atoms with Crippen LogP contribution in [0.4, 0.5) is 0 Å². The van der Waals surface area contributed by atoms with Gasteiger partial charge in [0.2, 0.25) is 0 Å². The molecule has 0 aliphatic heterocycles. The van der Waals surface area contributed by atoms with E-state index in [-0.39, 0.29) is 0 Å². The highest BCUT2D eigenvalue weighted by Gasteiger charge is 2.23. The fraction of sp³-hybridized carbons (Fsp3) is 0.917. The van der Waals surface area contributed by atoms with E-state index in [2.05, 4.69) is 13.8 Å². The highest BCUT2D eigenvalue weighted by Crippen LogP contribution is 2.29. The first-order chi connectivity index (χ1) is 6.74. The van der Waals surface area contributed by atoms with Crippen molar-refractivity contribution in [2.24, 2.45) is 11.8 Å². The quantitative estimate of drug-likeness (QED) is 0.651. The molecule has 0 bridgehead atoms. The van der Waals surface area contributed by atoms with Crippen LogP contribution in [-0.4, -0.2) is 17.3 Å². The fourth-order valence-electron chi connectivity index (χ4n) is 2.02. The summed E-state index contributed by atoms with van der Waals surface area (Å²) in [7, 11) is 0. The Balaban J connectivity index is 2.17. The molecule has 0 spiro atoms. The minimum absolute atomic E-state index is 0.399. The summed E-state index contributed by atoms with van der Waals surface area (Å²) in [5.74, 6) is 3.65. The molecule has 1 nitrogen and oxygen atoms in total. The van der Waals surface area contributed by atoms with Crippen molar-refractivity contribution >= 4 is 17.5 Å². The summed E-state index contributed by atoms with van der Waals surface area (Å²) in [4.78, 5) is 11.8. The number of hydrogen-bond acceptors (Lipinski definition) is 2. The molecular weight excluding hydrogens is 192 g/mol. The predicted octanol–water partition coefficient (Wildman–Crippen LogP) is 3.53. The Kier molecular flexibility index (Phi) is 5.61. The largest absolute Gasteiger partial charge is 0.298 e. The van der Waals surface area contributed by atoms with Gasteiger partial charge in [0.05, 0.1) is 5.75 Å². The Hall–Kier alpha value is 0.0200. The van der Waals surface area contributed by atoms with Gasteiger partial charge in [-0.1, -0.05) is 26.7 Å². The molecule has 2 heteroatoms. The average Bonchev–Trinajstić information content (AvgIpc) is 2.19. The van der Waals surface area contributed by atoms with Gasteiger partial charge in [0.25, 0.3) is 0 Å². The van der Waals surface area contributed by atoms with Crippen LogP contribution in [-0.2, 0) is 4.79 Å². The van der Waals surface area contributed by atoms with Crippen LogP contribution in [0.5, 0.6) is 0 Å². The minimum atomic E-state index is 0.399. The Labute approximate surface area is 92.0 Å². The zero-order valence-electron chi connectivity index (χ0n) is 9.42. The van der Waals surface area contributed by atoms with Gasteiger partial charge in [0.15, 0.2) is 0 Å². The molecule has 1 fully saturated rings. The van der Waals surface area contributed by atoms with Crippen LogP contribution in [0.15, 0.2) is 0 Å². The van der Waals surface area contributed by atoms with Gasteiger partial charge in [-0.25, -0.2) is 0 Å². The fourth-order valence-corrected chi connectivity index (χ4v) is 2.89. The third kappa shape index (κ3) is 4.04. The topological polar surface area (TPSA) is 17.1 Å². The van der Waals surface area contributed by atoms with Gasteiger partial charge in [-0.3, -0.25) is 4.79 Å². The van der Waals surface area contributed by atoms with E-state index in [9.17, 15) is 4.79 Å². The van der Waals surface area contributed by atoms with Crippen LogP contribution < -0.4 is 0 Å². The zero-order valence-corrected chi connectivity index (χ0v) is 10.2. The van der Waals surface area contributed by atoms with Crippen molar-refractivity contribution in [1.82, 2.24) is 0 Å². The van der Waals surface area contributed by atoms with E-state index in [0.717, 1.165) is 30.3 Å². The molecule has 1 aliphatic rings. The molecule has 1 aliphatic carbocycles. The van der Waals surface area contributed by atoms with Gasteiger partial charge in [-0.05, 0) is 30.9 Å². The summed E-state index contributed by atoms with van der Waals surface area (Å²) in [6.45, 7) is 4.46. The third-order valence-corrected chi connectivity index (χ3v) is 4.25. The smallest absolute Gasteiger partial charge is 0.145 e. The Morgan fingerprint density at radius 3 is 2.50 bits per heavy atom. The molecule has 0 aromatic carbocycles. The molecule has 0 unspecified atom stereocenters. The SMILES string of the molecule is CCCSCC(=O)C1CCC(C)CC1. The summed E-state index contributed by atoms with van der Waals surface area (Å²) in [5.41, 5.74) is 0.